The first-order chi connectivity index (χ1) is 12.4. The van der Waals surface area contributed by atoms with Crippen molar-refractivity contribution < 1.29 is 18.5 Å². The zero-order chi connectivity index (χ0) is 18.8. The van der Waals surface area contributed by atoms with Gasteiger partial charge in [0.25, 0.3) is 11.6 Å². The van der Waals surface area contributed by atoms with Crippen LogP contribution in [0.5, 0.6) is 0 Å². The van der Waals surface area contributed by atoms with Crippen molar-refractivity contribution in [1.82, 2.24) is 4.57 Å². The Kier molecular flexibility index (Phi) is 4.24. The van der Waals surface area contributed by atoms with E-state index in [0.717, 1.165) is 18.2 Å². The molecule has 2 heterocycles. The van der Waals surface area contributed by atoms with Gasteiger partial charge in [-0.1, -0.05) is 0 Å². The largest absolute Gasteiger partial charge is 0.443 e. The minimum absolute atomic E-state index is 0.0259. The first kappa shape index (κ1) is 16.9. The average molecular weight is 354 g/mol. The molecule has 0 aliphatic carbocycles. The number of carbonyl (C=O) groups excluding carboxylic acids is 1. The predicted molar refractivity (Wildman–Crippen MR) is 88.5 cm³/mol. The van der Waals surface area contributed by atoms with Crippen molar-refractivity contribution in [2.75, 3.05) is 5.32 Å². The summed E-state index contributed by atoms with van der Waals surface area (Å²) in [5.74, 6) is -1.33. The number of aromatic nitrogens is 1. The molecule has 0 spiro atoms. The maximum Gasteiger partial charge on any atom is 0.271 e. The molecule has 9 heteroatoms. The quantitative estimate of drug-likeness (QED) is 0.568. The Morgan fingerprint density at radius 2 is 2.08 bits per heavy atom. The lowest BCUT2D eigenvalue weighted by Gasteiger charge is -2.06. The smallest absolute Gasteiger partial charge is 0.271 e. The van der Waals surface area contributed by atoms with E-state index < -0.39 is 16.6 Å². The molecule has 0 saturated carbocycles. The Hall–Kier alpha value is -3.93. The first-order valence-corrected chi connectivity index (χ1v) is 7.34. The molecule has 2 aromatic heterocycles. The lowest BCUT2D eigenvalue weighted by atomic mass is 10.1. The number of furan rings is 1. The molecule has 0 aliphatic heterocycles. The number of nitro groups is 1. The number of halogens is 1. The number of carbonyl (C=O) groups is 1. The summed E-state index contributed by atoms with van der Waals surface area (Å²) in [6, 6.07) is 8.12. The molecule has 1 aromatic carbocycles. The lowest BCUT2D eigenvalue weighted by molar-refractivity contribution is -0.384. The summed E-state index contributed by atoms with van der Waals surface area (Å²) in [7, 11) is 0. The molecule has 0 saturated heterocycles. The van der Waals surface area contributed by atoms with Crippen LogP contribution in [0.3, 0.4) is 0 Å². The Bertz CT molecular complexity index is 1050. The van der Waals surface area contributed by atoms with Gasteiger partial charge in [0.05, 0.1) is 10.6 Å². The summed E-state index contributed by atoms with van der Waals surface area (Å²) >= 11 is 0. The van der Waals surface area contributed by atoms with Gasteiger partial charge in [0.2, 0.25) is 5.88 Å². The van der Waals surface area contributed by atoms with Crippen molar-refractivity contribution in [2.24, 2.45) is 0 Å². The first-order valence-electron chi connectivity index (χ1n) is 7.34. The Morgan fingerprint density at radius 3 is 2.69 bits per heavy atom. The van der Waals surface area contributed by atoms with Gasteiger partial charge in [0.1, 0.15) is 28.8 Å². The van der Waals surface area contributed by atoms with E-state index in [0.29, 0.717) is 0 Å². The molecular weight excluding hydrogens is 343 g/mol. The number of amides is 1. The lowest BCUT2D eigenvalue weighted by Crippen LogP contribution is -2.15. The van der Waals surface area contributed by atoms with E-state index in [1.165, 1.54) is 11.5 Å². The number of aryl methyl sites for hydroxylation is 1. The number of anilines is 1. The standard InChI is InChI=1S/C17H11FN4O4/c1-10-15(12(9-19)17(26-10)21-6-2-3-7-21)16(23)20-14-8-11(22(24)25)4-5-13(14)18/h2-8H,1H3,(H,20,23). The zero-order valence-electron chi connectivity index (χ0n) is 13.4. The number of non-ortho nitro benzene ring substituents is 1. The van der Waals surface area contributed by atoms with E-state index in [4.69, 9.17) is 4.42 Å². The van der Waals surface area contributed by atoms with Gasteiger partial charge in [-0.2, -0.15) is 5.26 Å². The fraction of sp³-hybridized carbons (Fsp3) is 0.0588. The van der Waals surface area contributed by atoms with Gasteiger partial charge in [-0.05, 0) is 25.1 Å². The number of nitriles is 1. The molecule has 0 unspecified atom stereocenters. The topological polar surface area (TPSA) is 114 Å². The summed E-state index contributed by atoms with van der Waals surface area (Å²) in [5, 5.41) is 22.5. The molecule has 26 heavy (non-hydrogen) atoms. The molecule has 0 radical (unpaired) electrons. The van der Waals surface area contributed by atoms with Crippen LogP contribution in [-0.2, 0) is 0 Å². The SMILES string of the molecule is Cc1oc(-n2cccc2)c(C#N)c1C(=O)Nc1cc([N+](=O)[O-])ccc1F. The third kappa shape index (κ3) is 2.91. The van der Waals surface area contributed by atoms with Gasteiger partial charge >= 0.3 is 0 Å². The summed E-state index contributed by atoms with van der Waals surface area (Å²) in [4.78, 5) is 22.7. The van der Waals surface area contributed by atoms with Crippen molar-refractivity contribution in [1.29, 1.82) is 5.26 Å². The third-order valence-electron chi connectivity index (χ3n) is 3.65. The Morgan fingerprint density at radius 1 is 1.38 bits per heavy atom. The second kappa shape index (κ2) is 6.52. The molecule has 3 aromatic rings. The van der Waals surface area contributed by atoms with Crippen molar-refractivity contribution in [2.45, 2.75) is 6.92 Å². The van der Waals surface area contributed by atoms with Gasteiger partial charge < -0.3 is 9.73 Å². The van der Waals surface area contributed by atoms with Crippen LogP contribution in [0.1, 0.15) is 21.7 Å². The number of nitro benzene ring substituents is 1. The van der Waals surface area contributed by atoms with Crippen LogP contribution < -0.4 is 5.32 Å². The monoisotopic (exact) mass is 354 g/mol. The molecule has 1 amide bonds. The molecule has 0 bridgehead atoms. The highest BCUT2D eigenvalue weighted by molar-refractivity contribution is 6.07. The van der Waals surface area contributed by atoms with Gasteiger partial charge in [0, 0.05) is 24.5 Å². The second-order valence-electron chi connectivity index (χ2n) is 5.29. The molecule has 3 rings (SSSR count). The molecular formula is C17H11FN4O4. The summed E-state index contributed by atoms with van der Waals surface area (Å²) in [6.45, 7) is 1.49. The van der Waals surface area contributed by atoms with Crippen LogP contribution in [0, 0.1) is 34.2 Å². The van der Waals surface area contributed by atoms with E-state index in [1.54, 1.807) is 24.5 Å². The van der Waals surface area contributed by atoms with Crippen LogP contribution >= 0.6 is 0 Å². The predicted octanol–water partition coefficient (Wildman–Crippen LogP) is 3.55. The van der Waals surface area contributed by atoms with Crippen LogP contribution in [0.2, 0.25) is 0 Å². The molecule has 0 aliphatic rings. The zero-order valence-corrected chi connectivity index (χ0v) is 13.4. The van der Waals surface area contributed by atoms with Gasteiger partial charge in [-0.15, -0.1) is 0 Å². The van der Waals surface area contributed by atoms with E-state index in [2.05, 4.69) is 5.32 Å². The number of hydrogen-bond acceptors (Lipinski definition) is 5. The van der Waals surface area contributed by atoms with E-state index in [9.17, 15) is 24.6 Å². The number of nitrogens with zero attached hydrogens (tertiary/aromatic N) is 3. The number of hydrogen-bond donors (Lipinski definition) is 1. The van der Waals surface area contributed by atoms with Crippen LogP contribution in [0.4, 0.5) is 15.8 Å². The van der Waals surface area contributed by atoms with Crippen molar-refractivity contribution in [3.63, 3.8) is 0 Å². The highest BCUT2D eigenvalue weighted by Gasteiger charge is 2.25. The van der Waals surface area contributed by atoms with Crippen molar-refractivity contribution in [3.8, 4) is 12.0 Å². The van der Waals surface area contributed by atoms with Crippen LogP contribution in [0.25, 0.3) is 5.88 Å². The maximum absolute atomic E-state index is 13.9. The van der Waals surface area contributed by atoms with E-state index in [1.807, 2.05) is 6.07 Å². The third-order valence-corrected chi connectivity index (χ3v) is 3.65. The molecule has 130 valence electrons. The molecule has 0 fully saturated rings. The average Bonchev–Trinajstić information content (AvgIpc) is 3.23. The minimum Gasteiger partial charge on any atom is -0.443 e. The van der Waals surface area contributed by atoms with Gasteiger partial charge in [-0.3, -0.25) is 19.5 Å². The normalized spacial score (nSPS) is 10.3. The summed E-state index contributed by atoms with van der Waals surface area (Å²) < 4.78 is 20.9. The van der Waals surface area contributed by atoms with Crippen LogP contribution in [-0.4, -0.2) is 15.4 Å². The number of rotatable bonds is 4. The highest BCUT2D eigenvalue weighted by atomic mass is 19.1. The van der Waals surface area contributed by atoms with Crippen molar-refractivity contribution >= 4 is 17.3 Å². The van der Waals surface area contributed by atoms with Crippen molar-refractivity contribution in [3.05, 3.63) is 75.5 Å². The summed E-state index contributed by atoms with van der Waals surface area (Å²) in [6.07, 6.45) is 3.28. The van der Waals surface area contributed by atoms with Gasteiger partial charge in [-0.25, -0.2) is 4.39 Å². The maximum atomic E-state index is 13.9. The molecule has 0 atom stereocenters. The number of benzene rings is 1. The molecule has 8 nitrogen and oxygen atoms in total. The molecule has 1 N–H and O–H groups in total. The van der Waals surface area contributed by atoms with E-state index in [-0.39, 0.29) is 34.1 Å². The van der Waals surface area contributed by atoms with Gasteiger partial charge in [0.15, 0.2) is 0 Å². The fourth-order valence-corrected chi connectivity index (χ4v) is 2.47. The Balaban J connectivity index is 2.01. The second-order valence-corrected chi connectivity index (χ2v) is 5.29. The summed E-state index contributed by atoms with van der Waals surface area (Å²) in [5.41, 5.74) is -0.834. The highest BCUT2D eigenvalue weighted by Crippen LogP contribution is 2.27. The number of nitrogens with one attached hydrogen (secondary N) is 1. The minimum atomic E-state index is -0.839. The van der Waals surface area contributed by atoms with Crippen LogP contribution in [0.15, 0.2) is 47.1 Å². The van der Waals surface area contributed by atoms with E-state index >= 15 is 0 Å². The fourth-order valence-electron chi connectivity index (χ4n) is 2.47. The Labute approximate surface area is 146 Å².